The summed E-state index contributed by atoms with van der Waals surface area (Å²) in [6.45, 7) is 5.62. The summed E-state index contributed by atoms with van der Waals surface area (Å²) >= 11 is 0. The number of rotatable bonds is 3. The van der Waals surface area contributed by atoms with Gasteiger partial charge in [-0.05, 0) is 26.4 Å². The van der Waals surface area contributed by atoms with Crippen molar-refractivity contribution < 1.29 is 0 Å². The highest BCUT2D eigenvalue weighted by Crippen LogP contribution is 2.16. The summed E-state index contributed by atoms with van der Waals surface area (Å²) < 4.78 is 2.07. The summed E-state index contributed by atoms with van der Waals surface area (Å²) in [4.78, 5) is 2.42. The molecule has 18 heavy (non-hydrogen) atoms. The maximum atomic E-state index is 4.33. The van der Waals surface area contributed by atoms with Gasteiger partial charge in [0.15, 0.2) is 0 Å². The molecule has 2 aliphatic rings. The summed E-state index contributed by atoms with van der Waals surface area (Å²) in [5.74, 6) is 1.80. The monoisotopic (exact) mass is 249 g/mol. The van der Waals surface area contributed by atoms with Crippen LogP contribution in [0.3, 0.4) is 0 Å². The van der Waals surface area contributed by atoms with Crippen LogP contribution in [0.25, 0.3) is 0 Å². The van der Waals surface area contributed by atoms with E-state index in [1.807, 2.05) is 12.3 Å². The fourth-order valence-electron chi connectivity index (χ4n) is 2.99. The number of hydrogen-bond acceptors (Lipinski definition) is 4. The first-order valence-electron chi connectivity index (χ1n) is 6.99. The molecule has 0 aromatic carbocycles. The molecule has 1 saturated heterocycles. The van der Waals surface area contributed by atoms with E-state index in [1.54, 1.807) is 0 Å². The van der Waals surface area contributed by atoms with Crippen LogP contribution in [-0.4, -0.2) is 53.9 Å². The van der Waals surface area contributed by atoms with E-state index in [0.717, 1.165) is 25.5 Å². The SMILES string of the molecule is CN1CCC[C@H](NC[C@@H]2CNc3ccnn3C2)C1. The maximum Gasteiger partial charge on any atom is 0.124 e. The predicted molar refractivity (Wildman–Crippen MR) is 72.7 cm³/mol. The summed E-state index contributed by atoms with van der Waals surface area (Å²) in [5.41, 5.74) is 0. The maximum absolute atomic E-state index is 4.33. The Morgan fingerprint density at radius 3 is 3.33 bits per heavy atom. The lowest BCUT2D eigenvalue weighted by Crippen LogP contribution is -2.47. The predicted octanol–water partition coefficient (Wildman–Crippen LogP) is 0.609. The molecule has 0 saturated carbocycles. The van der Waals surface area contributed by atoms with E-state index >= 15 is 0 Å². The zero-order valence-corrected chi connectivity index (χ0v) is 11.1. The molecule has 3 rings (SSSR count). The highest BCUT2D eigenvalue weighted by atomic mass is 15.3. The van der Waals surface area contributed by atoms with Crippen LogP contribution >= 0.6 is 0 Å². The number of hydrogen-bond donors (Lipinski definition) is 2. The van der Waals surface area contributed by atoms with E-state index < -0.39 is 0 Å². The van der Waals surface area contributed by atoms with Gasteiger partial charge in [-0.2, -0.15) is 5.10 Å². The first-order valence-corrected chi connectivity index (χ1v) is 6.99. The summed E-state index contributed by atoms with van der Waals surface area (Å²) in [7, 11) is 2.21. The van der Waals surface area contributed by atoms with Gasteiger partial charge in [-0.15, -0.1) is 0 Å². The van der Waals surface area contributed by atoms with Crippen molar-refractivity contribution in [1.82, 2.24) is 20.0 Å². The van der Waals surface area contributed by atoms with Gasteiger partial charge in [0.25, 0.3) is 0 Å². The van der Waals surface area contributed by atoms with Crippen LogP contribution < -0.4 is 10.6 Å². The van der Waals surface area contributed by atoms with Crippen molar-refractivity contribution in [3.8, 4) is 0 Å². The molecular formula is C13H23N5. The molecule has 2 atom stereocenters. The standard InChI is InChI=1S/C13H23N5/c1-17-6-2-3-12(10-17)14-7-11-8-15-13-4-5-16-18(13)9-11/h4-5,11-12,14-15H,2-3,6-10H2,1H3/t11-,12+/m1/s1. The number of nitrogens with zero attached hydrogens (tertiary/aromatic N) is 3. The Balaban J connectivity index is 1.47. The van der Waals surface area contributed by atoms with Crippen LogP contribution in [0.2, 0.25) is 0 Å². The van der Waals surface area contributed by atoms with E-state index in [9.17, 15) is 0 Å². The molecule has 1 aromatic rings. The Kier molecular flexibility index (Phi) is 3.52. The normalized spacial score (nSPS) is 28.7. The topological polar surface area (TPSA) is 45.1 Å². The minimum Gasteiger partial charge on any atom is -0.370 e. The number of fused-ring (bicyclic) bond motifs is 1. The first kappa shape index (κ1) is 12.0. The van der Waals surface area contributed by atoms with Crippen molar-refractivity contribution in [2.45, 2.75) is 25.4 Å². The molecule has 5 heteroatoms. The number of likely N-dealkylation sites (tertiary alicyclic amines) is 1. The molecular weight excluding hydrogens is 226 g/mol. The van der Waals surface area contributed by atoms with Crippen molar-refractivity contribution in [3.05, 3.63) is 12.3 Å². The van der Waals surface area contributed by atoms with E-state index in [-0.39, 0.29) is 0 Å². The zero-order chi connectivity index (χ0) is 12.4. The van der Waals surface area contributed by atoms with Crippen LogP contribution in [0.1, 0.15) is 12.8 Å². The molecule has 0 aliphatic carbocycles. The van der Waals surface area contributed by atoms with Gasteiger partial charge in [0.05, 0.1) is 6.20 Å². The molecule has 0 unspecified atom stereocenters. The summed E-state index contributed by atoms with van der Waals surface area (Å²) in [6.07, 6.45) is 4.51. The lowest BCUT2D eigenvalue weighted by Gasteiger charge is -2.32. The van der Waals surface area contributed by atoms with Gasteiger partial charge in [-0.1, -0.05) is 0 Å². The molecule has 0 spiro atoms. The number of piperidine rings is 1. The van der Waals surface area contributed by atoms with Crippen LogP contribution in [0.4, 0.5) is 5.82 Å². The van der Waals surface area contributed by atoms with Crippen molar-refractivity contribution >= 4 is 5.82 Å². The second-order valence-corrected chi connectivity index (χ2v) is 5.66. The Morgan fingerprint density at radius 1 is 1.50 bits per heavy atom. The smallest absolute Gasteiger partial charge is 0.124 e. The zero-order valence-electron chi connectivity index (χ0n) is 11.1. The van der Waals surface area contributed by atoms with Crippen LogP contribution in [0.15, 0.2) is 12.3 Å². The quantitative estimate of drug-likeness (QED) is 0.824. The van der Waals surface area contributed by atoms with Gasteiger partial charge in [-0.3, -0.25) is 0 Å². The molecule has 0 amide bonds. The molecule has 5 nitrogen and oxygen atoms in total. The largest absolute Gasteiger partial charge is 0.370 e. The van der Waals surface area contributed by atoms with Crippen LogP contribution in [0.5, 0.6) is 0 Å². The summed E-state index contributed by atoms with van der Waals surface area (Å²) in [5, 5.41) is 11.5. The Hall–Kier alpha value is -1.07. The van der Waals surface area contributed by atoms with Crippen LogP contribution in [-0.2, 0) is 6.54 Å². The fourth-order valence-corrected chi connectivity index (χ4v) is 2.99. The highest BCUT2D eigenvalue weighted by molar-refractivity contribution is 5.35. The van der Waals surface area contributed by atoms with Gasteiger partial charge < -0.3 is 15.5 Å². The number of nitrogens with one attached hydrogen (secondary N) is 2. The van der Waals surface area contributed by atoms with Crippen molar-refractivity contribution in [2.24, 2.45) is 5.92 Å². The van der Waals surface area contributed by atoms with E-state index in [1.165, 1.54) is 25.9 Å². The van der Waals surface area contributed by atoms with E-state index in [4.69, 9.17) is 0 Å². The third-order valence-electron chi connectivity index (χ3n) is 4.04. The number of aromatic nitrogens is 2. The van der Waals surface area contributed by atoms with Gasteiger partial charge in [-0.25, -0.2) is 4.68 Å². The Bertz CT molecular complexity index is 388. The first-order chi connectivity index (χ1) is 8.81. The molecule has 0 bridgehead atoms. The third-order valence-corrected chi connectivity index (χ3v) is 4.04. The van der Waals surface area contributed by atoms with Gasteiger partial charge in [0, 0.05) is 44.2 Å². The molecule has 2 aliphatic heterocycles. The molecule has 1 aromatic heterocycles. The van der Waals surface area contributed by atoms with Gasteiger partial charge >= 0.3 is 0 Å². The lowest BCUT2D eigenvalue weighted by atomic mass is 10.0. The van der Waals surface area contributed by atoms with E-state index in [0.29, 0.717) is 12.0 Å². The van der Waals surface area contributed by atoms with E-state index in [2.05, 4.69) is 32.4 Å². The molecule has 0 radical (unpaired) electrons. The van der Waals surface area contributed by atoms with Gasteiger partial charge in [0.1, 0.15) is 5.82 Å². The van der Waals surface area contributed by atoms with Gasteiger partial charge in [0.2, 0.25) is 0 Å². The molecule has 2 N–H and O–H groups in total. The molecule has 3 heterocycles. The van der Waals surface area contributed by atoms with Crippen molar-refractivity contribution in [3.63, 3.8) is 0 Å². The molecule has 1 fully saturated rings. The number of anilines is 1. The average molecular weight is 249 g/mol. The van der Waals surface area contributed by atoms with Crippen molar-refractivity contribution in [1.29, 1.82) is 0 Å². The minimum absolute atomic E-state index is 0.643. The highest BCUT2D eigenvalue weighted by Gasteiger charge is 2.21. The lowest BCUT2D eigenvalue weighted by molar-refractivity contribution is 0.219. The fraction of sp³-hybridized carbons (Fsp3) is 0.769. The minimum atomic E-state index is 0.643. The third kappa shape index (κ3) is 2.67. The average Bonchev–Trinajstić information content (AvgIpc) is 2.84. The summed E-state index contributed by atoms with van der Waals surface area (Å²) in [6, 6.07) is 2.71. The second kappa shape index (κ2) is 5.28. The Morgan fingerprint density at radius 2 is 2.44 bits per heavy atom. The van der Waals surface area contributed by atoms with Crippen LogP contribution in [0, 0.1) is 5.92 Å². The Labute approximate surface area is 109 Å². The number of likely N-dealkylation sites (N-methyl/N-ethyl adjacent to an activating group) is 1. The second-order valence-electron chi connectivity index (χ2n) is 5.66. The van der Waals surface area contributed by atoms with Crippen molar-refractivity contribution in [2.75, 3.05) is 38.5 Å². The molecule has 100 valence electrons.